The van der Waals surface area contributed by atoms with Crippen molar-refractivity contribution >= 4 is 0 Å². The monoisotopic (exact) mass is 314 g/mol. The zero-order valence-corrected chi connectivity index (χ0v) is 14.1. The second-order valence-corrected chi connectivity index (χ2v) is 7.48. The molecule has 4 rings (SSSR count). The highest BCUT2D eigenvalue weighted by molar-refractivity contribution is 5.13. The van der Waals surface area contributed by atoms with Gasteiger partial charge in [0.15, 0.2) is 0 Å². The summed E-state index contributed by atoms with van der Waals surface area (Å²) in [5.74, 6) is 0. The van der Waals surface area contributed by atoms with E-state index < -0.39 is 0 Å². The highest BCUT2D eigenvalue weighted by Gasteiger charge is 2.41. The van der Waals surface area contributed by atoms with Gasteiger partial charge in [-0.15, -0.1) is 0 Å². The molecule has 0 bridgehead atoms. The van der Waals surface area contributed by atoms with Crippen LogP contribution in [0, 0.1) is 0 Å². The Hall–Kier alpha value is -0.900. The standard InChI is InChI=1S/C20H30N2O/c1-2-7-16(8-3-1)15-23-20-12-5-4-10-19(20)22-14-13-21-17-9-6-11-18(17)22/h1-3,7-8,17-21H,4-6,9-15H2/t17-,18+,19-,20+/m0/s1. The molecule has 3 nitrogen and oxygen atoms in total. The fourth-order valence-corrected chi connectivity index (χ4v) is 4.96. The zero-order chi connectivity index (χ0) is 15.5. The van der Waals surface area contributed by atoms with Gasteiger partial charge in [-0.3, -0.25) is 4.90 Å². The van der Waals surface area contributed by atoms with Crippen LogP contribution in [-0.4, -0.2) is 42.2 Å². The van der Waals surface area contributed by atoms with Crippen molar-refractivity contribution in [2.75, 3.05) is 13.1 Å². The summed E-state index contributed by atoms with van der Waals surface area (Å²) in [7, 11) is 0. The van der Waals surface area contributed by atoms with Crippen LogP contribution in [0.15, 0.2) is 30.3 Å². The third kappa shape index (κ3) is 3.47. The van der Waals surface area contributed by atoms with E-state index in [1.807, 2.05) is 0 Å². The average molecular weight is 314 g/mol. The van der Waals surface area contributed by atoms with Gasteiger partial charge in [-0.05, 0) is 31.2 Å². The van der Waals surface area contributed by atoms with Crippen molar-refractivity contribution in [1.29, 1.82) is 0 Å². The number of nitrogens with one attached hydrogen (secondary N) is 1. The van der Waals surface area contributed by atoms with Crippen LogP contribution in [0.1, 0.15) is 50.5 Å². The van der Waals surface area contributed by atoms with Gasteiger partial charge >= 0.3 is 0 Å². The molecule has 1 aliphatic heterocycles. The van der Waals surface area contributed by atoms with Gasteiger partial charge in [0, 0.05) is 31.2 Å². The Morgan fingerprint density at radius 2 is 1.78 bits per heavy atom. The minimum absolute atomic E-state index is 0.420. The molecule has 1 saturated heterocycles. The lowest BCUT2D eigenvalue weighted by molar-refractivity contribution is -0.0643. The second kappa shape index (κ2) is 7.33. The Balaban J connectivity index is 1.42. The van der Waals surface area contributed by atoms with E-state index in [1.54, 1.807) is 0 Å². The van der Waals surface area contributed by atoms with Crippen LogP contribution in [-0.2, 0) is 11.3 Å². The van der Waals surface area contributed by atoms with Crippen molar-refractivity contribution in [2.24, 2.45) is 0 Å². The quantitative estimate of drug-likeness (QED) is 0.922. The number of hydrogen-bond donors (Lipinski definition) is 1. The van der Waals surface area contributed by atoms with E-state index in [0.717, 1.165) is 25.2 Å². The molecule has 4 atom stereocenters. The number of nitrogens with zero attached hydrogens (tertiary/aromatic N) is 1. The van der Waals surface area contributed by atoms with Crippen molar-refractivity contribution in [1.82, 2.24) is 10.2 Å². The Morgan fingerprint density at radius 1 is 0.957 bits per heavy atom. The highest BCUT2D eigenvalue weighted by atomic mass is 16.5. The minimum atomic E-state index is 0.420. The van der Waals surface area contributed by atoms with Gasteiger partial charge in [0.2, 0.25) is 0 Å². The molecule has 1 heterocycles. The summed E-state index contributed by atoms with van der Waals surface area (Å²) >= 11 is 0. The van der Waals surface area contributed by atoms with Gasteiger partial charge in [0.05, 0.1) is 12.7 Å². The number of ether oxygens (including phenoxy) is 1. The lowest BCUT2D eigenvalue weighted by Crippen LogP contribution is -2.61. The number of benzene rings is 1. The summed E-state index contributed by atoms with van der Waals surface area (Å²) in [6.45, 7) is 3.13. The fraction of sp³-hybridized carbons (Fsp3) is 0.700. The number of piperazine rings is 1. The molecular formula is C20H30N2O. The first-order valence-electron chi connectivity index (χ1n) is 9.56. The maximum atomic E-state index is 6.42. The number of rotatable bonds is 4. The molecule has 3 fully saturated rings. The van der Waals surface area contributed by atoms with E-state index >= 15 is 0 Å². The molecule has 0 radical (unpaired) electrons. The summed E-state index contributed by atoms with van der Waals surface area (Å²) in [4.78, 5) is 2.82. The molecule has 23 heavy (non-hydrogen) atoms. The van der Waals surface area contributed by atoms with Crippen LogP contribution in [0.3, 0.4) is 0 Å². The van der Waals surface area contributed by atoms with Crippen LogP contribution >= 0.6 is 0 Å². The molecule has 1 aromatic carbocycles. The highest BCUT2D eigenvalue weighted by Crippen LogP contribution is 2.34. The van der Waals surface area contributed by atoms with Gasteiger partial charge in [0.25, 0.3) is 0 Å². The van der Waals surface area contributed by atoms with Gasteiger partial charge in [0.1, 0.15) is 0 Å². The number of hydrogen-bond acceptors (Lipinski definition) is 3. The van der Waals surface area contributed by atoms with Crippen LogP contribution < -0.4 is 5.32 Å². The Bertz CT molecular complexity index is 492. The van der Waals surface area contributed by atoms with Gasteiger partial charge in [-0.25, -0.2) is 0 Å². The van der Waals surface area contributed by atoms with E-state index in [1.165, 1.54) is 57.1 Å². The first-order chi connectivity index (χ1) is 11.4. The Morgan fingerprint density at radius 3 is 2.70 bits per heavy atom. The molecule has 0 spiro atoms. The summed E-state index contributed by atoms with van der Waals surface area (Å²) in [6.07, 6.45) is 9.81. The lowest BCUT2D eigenvalue weighted by atomic mass is 9.89. The average Bonchev–Trinajstić information content (AvgIpc) is 3.10. The molecule has 2 aliphatic carbocycles. The summed E-state index contributed by atoms with van der Waals surface area (Å²) < 4.78 is 6.42. The third-order valence-electron chi connectivity index (χ3n) is 6.08. The van der Waals surface area contributed by atoms with Crippen molar-refractivity contribution in [3.05, 3.63) is 35.9 Å². The van der Waals surface area contributed by atoms with Crippen LogP contribution in [0.2, 0.25) is 0 Å². The Kier molecular flexibility index (Phi) is 4.98. The lowest BCUT2D eigenvalue weighted by Gasteiger charge is -2.47. The second-order valence-electron chi connectivity index (χ2n) is 7.48. The molecule has 1 N–H and O–H groups in total. The van der Waals surface area contributed by atoms with Gasteiger partial charge in [-0.1, -0.05) is 49.6 Å². The van der Waals surface area contributed by atoms with Crippen LogP contribution in [0.4, 0.5) is 0 Å². The first-order valence-corrected chi connectivity index (χ1v) is 9.56. The molecule has 0 aromatic heterocycles. The normalized spacial score (nSPS) is 35.1. The smallest absolute Gasteiger partial charge is 0.0734 e. The van der Waals surface area contributed by atoms with E-state index in [4.69, 9.17) is 4.74 Å². The molecule has 1 aromatic rings. The van der Waals surface area contributed by atoms with E-state index in [-0.39, 0.29) is 0 Å². The van der Waals surface area contributed by atoms with E-state index in [0.29, 0.717) is 12.1 Å². The Labute approximate surface area is 140 Å². The SMILES string of the molecule is c1ccc(CO[C@@H]2CCCC[C@@H]2N2CCN[C@H]3CCC[C@H]32)cc1. The van der Waals surface area contributed by atoms with Crippen LogP contribution in [0.5, 0.6) is 0 Å². The van der Waals surface area contributed by atoms with E-state index in [9.17, 15) is 0 Å². The topological polar surface area (TPSA) is 24.5 Å². The maximum Gasteiger partial charge on any atom is 0.0734 e. The zero-order valence-electron chi connectivity index (χ0n) is 14.1. The summed E-state index contributed by atoms with van der Waals surface area (Å²) in [5.41, 5.74) is 1.30. The molecule has 0 amide bonds. The first kappa shape index (κ1) is 15.6. The van der Waals surface area contributed by atoms with Crippen molar-refractivity contribution in [2.45, 2.75) is 75.8 Å². The summed E-state index contributed by atoms with van der Waals surface area (Å²) in [6, 6.07) is 12.8. The maximum absolute atomic E-state index is 6.42. The van der Waals surface area contributed by atoms with Crippen LogP contribution in [0.25, 0.3) is 0 Å². The molecule has 126 valence electrons. The third-order valence-corrected chi connectivity index (χ3v) is 6.08. The largest absolute Gasteiger partial charge is 0.372 e. The molecular weight excluding hydrogens is 284 g/mol. The van der Waals surface area contributed by atoms with Crippen molar-refractivity contribution in [3.63, 3.8) is 0 Å². The fourth-order valence-electron chi connectivity index (χ4n) is 4.96. The van der Waals surface area contributed by atoms with Crippen molar-refractivity contribution in [3.8, 4) is 0 Å². The summed E-state index contributed by atoms with van der Waals surface area (Å²) in [5, 5.41) is 3.74. The molecule has 0 unspecified atom stereocenters. The minimum Gasteiger partial charge on any atom is -0.372 e. The predicted molar refractivity (Wildman–Crippen MR) is 93.4 cm³/mol. The van der Waals surface area contributed by atoms with Gasteiger partial charge < -0.3 is 10.1 Å². The predicted octanol–water partition coefficient (Wildman–Crippen LogP) is 3.34. The molecule has 3 heteroatoms. The number of fused-ring (bicyclic) bond motifs is 1. The van der Waals surface area contributed by atoms with E-state index in [2.05, 4.69) is 40.5 Å². The van der Waals surface area contributed by atoms with Crippen molar-refractivity contribution < 1.29 is 4.74 Å². The van der Waals surface area contributed by atoms with Gasteiger partial charge in [-0.2, -0.15) is 0 Å². The molecule has 3 aliphatic rings. The molecule has 2 saturated carbocycles.